The summed E-state index contributed by atoms with van der Waals surface area (Å²) in [6.45, 7) is 0. The van der Waals surface area contributed by atoms with Crippen molar-refractivity contribution in [3.8, 4) is 11.3 Å². The van der Waals surface area contributed by atoms with Gasteiger partial charge in [0.15, 0.2) is 6.39 Å². The van der Waals surface area contributed by atoms with Crippen LogP contribution in [0.25, 0.3) is 11.3 Å². The van der Waals surface area contributed by atoms with E-state index >= 15 is 0 Å². The van der Waals surface area contributed by atoms with Gasteiger partial charge >= 0.3 is 0 Å². The lowest BCUT2D eigenvalue weighted by molar-refractivity contribution is 0.100. The molecule has 2 aromatic rings. The van der Waals surface area contributed by atoms with Crippen molar-refractivity contribution >= 4 is 5.91 Å². The van der Waals surface area contributed by atoms with Gasteiger partial charge in [-0.1, -0.05) is 12.1 Å². The second kappa shape index (κ2) is 3.33. The molecule has 0 saturated carbocycles. The van der Waals surface area contributed by atoms with E-state index in [4.69, 9.17) is 10.2 Å². The van der Waals surface area contributed by atoms with Gasteiger partial charge in [0.05, 0.1) is 0 Å². The second-order valence-corrected chi connectivity index (χ2v) is 2.82. The van der Waals surface area contributed by atoms with Gasteiger partial charge < -0.3 is 10.2 Å². The first-order valence-corrected chi connectivity index (χ1v) is 4.06. The van der Waals surface area contributed by atoms with E-state index in [0.717, 1.165) is 5.56 Å². The summed E-state index contributed by atoms with van der Waals surface area (Å²) in [6.07, 6.45) is 2.85. The molecular formula is C10H8N2O2. The highest BCUT2D eigenvalue weighted by Gasteiger charge is 2.04. The fourth-order valence-corrected chi connectivity index (χ4v) is 1.19. The molecular weight excluding hydrogens is 180 g/mol. The minimum absolute atomic E-state index is 0.449. The second-order valence-electron chi connectivity index (χ2n) is 2.82. The molecule has 0 saturated heterocycles. The van der Waals surface area contributed by atoms with E-state index in [-0.39, 0.29) is 0 Å². The lowest BCUT2D eigenvalue weighted by Crippen LogP contribution is -2.10. The van der Waals surface area contributed by atoms with E-state index in [9.17, 15) is 4.79 Å². The van der Waals surface area contributed by atoms with Gasteiger partial charge in [0.2, 0.25) is 5.91 Å². The van der Waals surface area contributed by atoms with E-state index < -0.39 is 5.91 Å². The Morgan fingerprint density at radius 2 is 2.29 bits per heavy atom. The van der Waals surface area contributed by atoms with E-state index in [1.165, 1.54) is 12.7 Å². The number of rotatable bonds is 2. The maximum absolute atomic E-state index is 10.9. The quantitative estimate of drug-likeness (QED) is 0.775. The van der Waals surface area contributed by atoms with E-state index in [0.29, 0.717) is 11.3 Å². The first-order chi connectivity index (χ1) is 6.77. The van der Waals surface area contributed by atoms with E-state index in [1.807, 2.05) is 6.07 Å². The van der Waals surface area contributed by atoms with Gasteiger partial charge in [-0.25, -0.2) is 4.98 Å². The van der Waals surface area contributed by atoms with Crippen LogP contribution in [0.2, 0.25) is 0 Å². The van der Waals surface area contributed by atoms with Crippen molar-refractivity contribution in [3.63, 3.8) is 0 Å². The summed E-state index contributed by atoms with van der Waals surface area (Å²) in [5.74, 6) is -0.449. The van der Waals surface area contributed by atoms with Gasteiger partial charge in [-0.2, -0.15) is 0 Å². The van der Waals surface area contributed by atoms with E-state index in [2.05, 4.69) is 4.98 Å². The topological polar surface area (TPSA) is 69.1 Å². The Morgan fingerprint density at radius 1 is 1.43 bits per heavy atom. The molecule has 0 aliphatic rings. The summed E-state index contributed by atoms with van der Waals surface area (Å²) in [5.41, 5.74) is 7.12. The van der Waals surface area contributed by atoms with Crippen LogP contribution in [0.4, 0.5) is 0 Å². The number of carbonyl (C=O) groups excluding carboxylic acids is 1. The smallest absolute Gasteiger partial charge is 0.248 e. The van der Waals surface area contributed by atoms with Crippen LogP contribution >= 0.6 is 0 Å². The summed E-state index contributed by atoms with van der Waals surface area (Å²) in [6, 6.07) is 6.93. The molecule has 4 heteroatoms. The summed E-state index contributed by atoms with van der Waals surface area (Å²) in [4.78, 5) is 14.9. The number of nitrogens with zero attached hydrogens (tertiary/aromatic N) is 1. The van der Waals surface area contributed by atoms with Crippen molar-refractivity contribution in [3.05, 3.63) is 42.5 Å². The predicted molar refractivity (Wildman–Crippen MR) is 50.5 cm³/mol. The summed E-state index contributed by atoms with van der Waals surface area (Å²) >= 11 is 0. The third-order valence-corrected chi connectivity index (χ3v) is 1.88. The molecule has 0 aliphatic heterocycles. The van der Waals surface area contributed by atoms with Crippen LogP contribution in [0.5, 0.6) is 0 Å². The molecule has 0 unspecified atom stereocenters. The fraction of sp³-hybridized carbons (Fsp3) is 0. The number of amides is 1. The van der Waals surface area contributed by atoms with Crippen LogP contribution in [0.3, 0.4) is 0 Å². The largest absolute Gasteiger partial charge is 0.451 e. The van der Waals surface area contributed by atoms with Crippen LogP contribution in [-0.4, -0.2) is 10.9 Å². The molecule has 2 rings (SSSR count). The number of carbonyl (C=O) groups is 1. The first-order valence-electron chi connectivity index (χ1n) is 4.06. The Kier molecular flexibility index (Phi) is 2.02. The first kappa shape index (κ1) is 8.50. The minimum atomic E-state index is -0.449. The number of oxazole rings is 1. The molecule has 14 heavy (non-hydrogen) atoms. The number of hydrogen-bond acceptors (Lipinski definition) is 3. The van der Waals surface area contributed by atoms with Crippen molar-refractivity contribution in [2.24, 2.45) is 5.73 Å². The number of nitrogens with two attached hydrogens (primary N) is 1. The molecule has 1 aromatic carbocycles. The molecule has 4 nitrogen and oxygen atoms in total. The summed E-state index contributed by atoms with van der Waals surface area (Å²) in [5, 5.41) is 0. The Hall–Kier alpha value is -2.10. The van der Waals surface area contributed by atoms with Crippen molar-refractivity contribution in [1.29, 1.82) is 0 Å². The number of primary amides is 1. The monoisotopic (exact) mass is 188 g/mol. The van der Waals surface area contributed by atoms with Gasteiger partial charge in [-0.05, 0) is 12.1 Å². The summed E-state index contributed by atoms with van der Waals surface area (Å²) < 4.78 is 4.84. The van der Waals surface area contributed by atoms with Crippen molar-refractivity contribution < 1.29 is 9.21 Å². The molecule has 0 bridgehead atoms. The number of benzene rings is 1. The molecule has 0 atom stereocenters. The average Bonchev–Trinajstić information content (AvgIpc) is 2.71. The maximum atomic E-state index is 10.9. The number of hydrogen-bond donors (Lipinski definition) is 1. The molecule has 0 aliphatic carbocycles. The predicted octanol–water partition coefficient (Wildman–Crippen LogP) is 1.44. The van der Waals surface area contributed by atoms with E-state index in [1.54, 1.807) is 18.2 Å². The van der Waals surface area contributed by atoms with Gasteiger partial charge in [0, 0.05) is 11.1 Å². The van der Waals surface area contributed by atoms with Crippen LogP contribution in [-0.2, 0) is 0 Å². The molecule has 1 amide bonds. The van der Waals surface area contributed by atoms with Crippen LogP contribution < -0.4 is 5.73 Å². The van der Waals surface area contributed by atoms with Gasteiger partial charge in [0.25, 0.3) is 0 Å². The molecule has 0 radical (unpaired) electrons. The van der Waals surface area contributed by atoms with Crippen LogP contribution in [0.1, 0.15) is 10.4 Å². The highest BCUT2D eigenvalue weighted by atomic mass is 16.3. The molecule has 1 heterocycles. The Balaban J connectivity index is 2.46. The maximum Gasteiger partial charge on any atom is 0.248 e. The number of aromatic nitrogens is 1. The fourth-order valence-electron chi connectivity index (χ4n) is 1.19. The Bertz CT molecular complexity index is 449. The van der Waals surface area contributed by atoms with Crippen LogP contribution in [0, 0.1) is 0 Å². The Labute approximate surface area is 80.4 Å². The summed E-state index contributed by atoms with van der Waals surface area (Å²) in [7, 11) is 0. The standard InChI is InChI=1S/C10H8N2O2/c11-10(13)8-3-1-2-7(4-8)9-5-14-6-12-9/h1-6H,(H2,11,13). The Morgan fingerprint density at radius 3 is 2.93 bits per heavy atom. The zero-order chi connectivity index (χ0) is 9.97. The highest BCUT2D eigenvalue weighted by molar-refractivity contribution is 5.93. The van der Waals surface area contributed by atoms with Crippen molar-refractivity contribution in [2.75, 3.05) is 0 Å². The normalized spacial score (nSPS) is 10.0. The zero-order valence-electron chi connectivity index (χ0n) is 7.31. The molecule has 70 valence electrons. The molecule has 1 aromatic heterocycles. The lowest BCUT2D eigenvalue weighted by atomic mass is 10.1. The highest BCUT2D eigenvalue weighted by Crippen LogP contribution is 2.17. The minimum Gasteiger partial charge on any atom is -0.451 e. The van der Waals surface area contributed by atoms with Gasteiger partial charge in [-0.3, -0.25) is 4.79 Å². The van der Waals surface area contributed by atoms with Crippen LogP contribution in [0.15, 0.2) is 41.3 Å². The SMILES string of the molecule is NC(=O)c1cccc(-c2cocn2)c1. The molecule has 0 fully saturated rings. The third kappa shape index (κ3) is 1.50. The third-order valence-electron chi connectivity index (χ3n) is 1.88. The lowest BCUT2D eigenvalue weighted by Gasteiger charge is -1.98. The zero-order valence-corrected chi connectivity index (χ0v) is 7.31. The molecule has 0 spiro atoms. The van der Waals surface area contributed by atoms with Crippen molar-refractivity contribution in [1.82, 2.24) is 4.98 Å². The molecule has 2 N–H and O–H groups in total. The van der Waals surface area contributed by atoms with Crippen molar-refractivity contribution in [2.45, 2.75) is 0 Å². The van der Waals surface area contributed by atoms with Gasteiger partial charge in [-0.15, -0.1) is 0 Å². The average molecular weight is 188 g/mol. The van der Waals surface area contributed by atoms with Gasteiger partial charge in [0.1, 0.15) is 12.0 Å².